The first-order valence-corrected chi connectivity index (χ1v) is 8.31. The standard InChI is InChI=1S/C17H22N4O2/c22-17(14-4-9-23-12-14)20-7-3-8-21-13-18-15(16(21)11-20)10-19-5-1-2-6-19/h1-2,5-6,13-14H,3-4,7-12H2/t14-/m1/s1. The lowest BCUT2D eigenvalue weighted by atomic mass is 10.1. The maximum absolute atomic E-state index is 12.7. The van der Waals surface area contributed by atoms with Crippen LogP contribution in [0.4, 0.5) is 0 Å². The van der Waals surface area contributed by atoms with E-state index in [4.69, 9.17) is 4.74 Å². The van der Waals surface area contributed by atoms with Gasteiger partial charge < -0.3 is 18.8 Å². The summed E-state index contributed by atoms with van der Waals surface area (Å²) in [7, 11) is 0. The van der Waals surface area contributed by atoms with E-state index < -0.39 is 0 Å². The molecule has 0 aromatic carbocycles. The average molecular weight is 314 g/mol. The van der Waals surface area contributed by atoms with E-state index in [0.717, 1.165) is 38.2 Å². The summed E-state index contributed by atoms with van der Waals surface area (Å²) in [5, 5.41) is 0. The zero-order valence-corrected chi connectivity index (χ0v) is 13.2. The minimum atomic E-state index is 0.0392. The molecule has 0 N–H and O–H groups in total. The molecular weight excluding hydrogens is 292 g/mol. The van der Waals surface area contributed by atoms with E-state index in [-0.39, 0.29) is 11.8 Å². The summed E-state index contributed by atoms with van der Waals surface area (Å²) in [6.07, 6.45) is 7.83. The van der Waals surface area contributed by atoms with Crippen LogP contribution in [0, 0.1) is 5.92 Å². The van der Waals surface area contributed by atoms with Gasteiger partial charge in [0, 0.05) is 32.1 Å². The van der Waals surface area contributed by atoms with Crippen LogP contribution in [-0.2, 0) is 29.2 Å². The zero-order valence-electron chi connectivity index (χ0n) is 13.2. The summed E-state index contributed by atoms with van der Waals surface area (Å²) in [5.41, 5.74) is 2.23. The third-order valence-electron chi connectivity index (χ3n) is 4.79. The Morgan fingerprint density at radius 1 is 1.30 bits per heavy atom. The molecule has 0 bridgehead atoms. The molecule has 2 aliphatic rings. The largest absolute Gasteiger partial charge is 0.381 e. The van der Waals surface area contributed by atoms with Crippen LogP contribution in [-0.4, -0.2) is 44.7 Å². The van der Waals surface area contributed by atoms with Gasteiger partial charge in [-0.1, -0.05) is 0 Å². The van der Waals surface area contributed by atoms with Gasteiger partial charge in [0.25, 0.3) is 0 Å². The molecule has 0 spiro atoms. The molecular formula is C17H22N4O2. The Balaban J connectivity index is 1.55. The molecule has 0 radical (unpaired) electrons. The molecule has 4 rings (SSSR count). The number of carbonyl (C=O) groups is 1. The number of amides is 1. The Morgan fingerprint density at radius 2 is 2.17 bits per heavy atom. The molecule has 4 heterocycles. The Bertz CT molecular complexity index is 671. The highest BCUT2D eigenvalue weighted by Gasteiger charge is 2.30. The number of rotatable bonds is 3. The molecule has 23 heavy (non-hydrogen) atoms. The fourth-order valence-corrected chi connectivity index (χ4v) is 3.47. The molecule has 0 saturated carbocycles. The molecule has 1 saturated heterocycles. The fourth-order valence-electron chi connectivity index (χ4n) is 3.47. The Labute approximate surface area is 135 Å². The SMILES string of the molecule is O=C([C@@H]1CCOC1)N1CCCn2cnc(Cn3cccc3)c2C1. The maximum atomic E-state index is 12.7. The monoisotopic (exact) mass is 314 g/mol. The van der Waals surface area contributed by atoms with Crippen molar-refractivity contribution in [3.8, 4) is 0 Å². The molecule has 1 amide bonds. The number of hydrogen-bond acceptors (Lipinski definition) is 3. The predicted molar refractivity (Wildman–Crippen MR) is 84.7 cm³/mol. The number of imidazole rings is 1. The average Bonchev–Trinajstić information content (AvgIpc) is 3.29. The third kappa shape index (κ3) is 2.91. The predicted octanol–water partition coefficient (Wildman–Crippen LogP) is 1.50. The number of aryl methyl sites for hydroxylation is 1. The van der Waals surface area contributed by atoms with Crippen molar-refractivity contribution in [3.63, 3.8) is 0 Å². The molecule has 122 valence electrons. The van der Waals surface area contributed by atoms with E-state index in [1.165, 1.54) is 5.69 Å². The lowest BCUT2D eigenvalue weighted by Crippen LogP contribution is -2.36. The van der Waals surface area contributed by atoms with Crippen molar-refractivity contribution in [2.24, 2.45) is 5.92 Å². The van der Waals surface area contributed by atoms with Crippen LogP contribution in [0.1, 0.15) is 24.2 Å². The molecule has 1 atom stereocenters. The zero-order chi connectivity index (χ0) is 15.6. The molecule has 0 aliphatic carbocycles. The van der Waals surface area contributed by atoms with E-state index in [1.54, 1.807) is 0 Å². The molecule has 2 aliphatic heterocycles. The molecule has 0 unspecified atom stereocenters. The summed E-state index contributed by atoms with van der Waals surface area (Å²) in [6.45, 7) is 4.45. The maximum Gasteiger partial charge on any atom is 0.228 e. The van der Waals surface area contributed by atoms with E-state index in [0.29, 0.717) is 19.8 Å². The summed E-state index contributed by atoms with van der Waals surface area (Å²) in [6, 6.07) is 4.04. The highest BCUT2D eigenvalue weighted by atomic mass is 16.5. The summed E-state index contributed by atoms with van der Waals surface area (Å²) < 4.78 is 9.70. The lowest BCUT2D eigenvalue weighted by molar-refractivity contribution is -0.136. The molecule has 6 nitrogen and oxygen atoms in total. The van der Waals surface area contributed by atoms with Gasteiger partial charge in [0.05, 0.1) is 43.3 Å². The van der Waals surface area contributed by atoms with E-state index >= 15 is 0 Å². The number of carbonyl (C=O) groups excluding carboxylic acids is 1. The molecule has 2 aromatic rings. The van der Waals surface area contributed by atoms with Crippen LogP contribution < -0.4 is 0 Å². The van der Waals surface area contributed by atoms with Gasteiger partial charge in [0.1, 0.15) is 0 Å². The summed E-state index contributed by atoms with van der Waals surface area (Å²) in [4.78, 5) is 19.3. The van der Waals surface area contributed by atoms with Crippen LogP contribution >= 0.6 is 0 Å². The minimum absolute atomic E-state index is 0.0392. The number of fused-ring (bicyclic) bond motifs is 1. The van der Waals surface area contributed by atoms with Crippen molar-refractivity contribution in [1.82, 2.24) is 19.0 Å². The van der Waals surface area contributed by atoms with Crippen LogP contribution in [0.2, 0.25) is 0 Å². The van der Waals surface area contributed by atoms with Crippen LogP contribution in [0.25, 0.3) is 0 Å². The summed E-state index contributed by atoms with van der Waals surface area (Å²) in [5.74, 6) is 0.279. The van der Waals surface area contributed by atoms with Gasteiger partial charge in [0.15, 0.2) is 0 Å². The first-order chi connectivity index (χ1) is 11.3. The molecule has 2 aromatic heterocycles. The van der Waals surface area contributed by atoms with Gasteiger partial charge in [-0.3, -0.25) is 4.79 Å². The second-order valence-corrected chi connectivity index (χ2v) is 6.36. The number of nitrogens with zero attached hydrogens (tertiary/aromatic N) is 4. The Kier molecular flexibility index (Phi) is 3.91. The highest BCUT2D eigenvalue weighted by Crippen LogP contribution is 2.22. The van der Waals surface area contributed by atoms with E-state index in [9.17, 15) is 4.79 Å². The van der Waals surface area contributed by atoms with Gasteiger partial charge in [0.2, 0.25) is 5.91 Å². The Morgan fingerprint density at radius 3 is 2.96 bits per heavy atom. The van der Waals surface area contributed by atoms with Crippen molar-refractivity contribution in [1.29, 1.82) is 0 Å². The minimum Gasteiger partial charge on any atom is -0.381 e. The van der Waals surface area contributed by atoms with Crippen molar-refractivity contribution in [2.45, 2.75) is 32.5 Å². The normalized spacial score (nSPS) is 21.2. The smallest absolute Gasteiger partial charge is 0.228 e. The van der Waals surface area contributed by atoms with Crippen molar-refractivity contribution in [2.75, 3.05) is 19.8 Å². The first kappa shape index (κ1) is 14.5. The van der Waals surface area contributed by atoms with Crippen LogP contribution in [0.15, 0.2) is 30.9 Å². The lowest BCUT2D eigenvalue weighted by Gasteiger charge is -2.23. The van der Waals surface area contributed by atoms with Crippen molar-refractivity contribution < 1.29 is 9.53 Å². The van der Waals surface area contributed by atoms with Gasteiger partial charge in [-0.25, -0.2) is 4.98 Å². The topological polar surface area (TPSA) is 52.3 Å². The number of ether oxygens (including phenoxy) is 1. The Hall–Kier alpha value is -2.08. The second kappa shape index (κ2) is 6.20. The fraction of sp³-hybridized carbons (Fsp3) is 0.529. The van der Waals surface area contributed by atoms with Crippen LogP contribution in [0.5, 0.6) is 0 Å². The number of aromatic nitrogens is 3. The van der Waals surface area contributed by atoms with Crippen molar-refractivity contribution in [3.05, 3.63) is 42.2 Å². The van der Waals surface area contributed by atoms with Gasteiger partial charge >= 0.3 is 0 Å². The highest BCUT2D eigenvalue weighted by molar-refractivity contribution is 5.79. The number of hydrogen-bond donors (Lipinski definition) is 0. The van der Waals surface area contributed by atoms with Gasteiger partial charge in [-0.05, 0) is 25.0 Å². The van der Waals surface area contributed by atoms with Gasteiger partial charge in [-0.2, -0.15) is 0 Å². The quantitative estimate of drug-likeness (QED) is 0.863. The van der Waals surface area contributed by atoms with Crippen LogP contribution in [0.3, 0.4) is 0 Å². The molecule has 6 heteroatoms. The van der Waals surface area contributed by atoms with Crippen molar-refractivity contribution >= 4 is 5.91 Å². The first-order valence-electron chi connectivity index (χ1n) is 8.31. The third-order valence-corrected chi connectivity index (χ3v) is 4.79. The van der Waals surface area contributed by atoms with E-state index in [1.807, 2.05) is 35.8 Å². The second-order valence-electron chi connectivity index (χ2n) is 6.36. The van der Waals surface area contributed by atoms with Gasteiger partial charge in [-0.15, -0.1) is 0 Å². The summed E-state index contributed by atoms with van der Waals surface area (Å²) >= 11 is 0. The van der Waals surface area contributed by atoms with E-state index in [2.05, 4.69) is 14.1 Å². The molecule has 1 fully saturated rings.